The van der Waals surface area contributed by atoms with Crippen LogP contribution in [0.15, 0.2) is 0 Å². The molecule has 2 saturated heterocycles. The summed E-state index contributed by atoms with van der Waals surface area (Å²) < 4.78 is 5.60. The van der Waals surface area contributed by atoms with Crippen molar-refractivity contribution in [3.05, 3.63) is 0 Å². The summed E-state index contributed by atoms with van der Waals surface area (Å²) in [5.41, 5.74) is 0. The van der Waals surface area contributed by atoms with Gasteiger partial charge in [0.15, 0.2) is 0 Å². The molecule has 4 heteroatoms. The molecule has 0 saturated carbocycles. The Labute approximate surface area is 131 Å². The van der Waals surface area contributed by atoms with E-state index in [0.29, 0.717) is 12.0 Å². The van der Waals surface area contributed by atoms with Crippen molar-refractivity contribution in [2.75, 3.05) is 60.0 Å². The minimum atomic E-state index is 0.601. The fraction of sp³-hybridized carbons (Fsp3) is 1.00. The van der Waals surface area contributed by atoms with Gasteiger partial charge < -0.3 is 19.9 Å². The zero-order valence-corrected chi connectivity index (χ0v) is 14.3. The van der Waals surface area contributed by atoms with E-state index in [2.05, 4.69) is 36.1 Å². The second-order valence-electron chi connectivity index (χ2n) is 7.15. The van der Waals surface area contributed by atoms with Gasteiger partial charge >= 0.3 is 0 Å². The third-order valence-corrected chi connectivity index (χ3v) is 5.11. The standard InChI is InChI=1S/C17H35N3O/c1-4-8-18-17(16-7-11-21-14-16)13-20(3)12-15-5-9-19(2)10-6-15/h15-18H,4-14H2,1-3H3. The molecular formula is C17H35N3O. The number of piperidine rings is 1. The van der Waals surface area contributed by atoms with Gasteiger partial charge in [0.2, 0.25) is 0 Å². The van der Waals surface area contributed by atoms with Crippen LogP contribution >= 0.6 is 0 Å². The molecule has 4 nitrogen and oxygen atoms in total. The molecule has 0 aromatic rings. The molecule has 2 rings (SSSR count). The Kier molecular flexibility index (Phi) is 7.44. The number of likely N-dealkylation sites (N-methyl/N-ethyl adjacent to an activating group) is 1. The Morgan fingerprint density at radius 3 is 2.67 bits per heavy atom. The summed E-state index contributed by atoms with van der Waals surface area (Å²) in [5.74, 6) is 1.59. The van der Waals surface area contributed by atoms with E-state index in [1.807, 2.05) is 0 Å². The summed E-state index contributed by atoms with van der Waals surface area (Å²) in [6.45, 7) is 10.2. The minimum absolute atomic E-state index is 0.601. The monoisotopic (exact) mass is 297 g/mol. The molecule has 2 heterocycles. The number of hydrogen-bond acceptors (Lipinski definition) is 4. The topological polar surface area (TPSA) is 27.7 Å². The van der Waals surface area contributed by atoms with Gasteiger partial charge in [0, 0.05) is 31.7 Å². The maximum Gasteiger partial charge on any atom is 0.0510 e. The van der Waals surface area contributed by atoms with E-state index in [0.717, 1.165) is 25.7 Å². The maximum absolute atomic E-state index is 5.60. The molecule has 2 unspecified atom stereocenters. The second kappa shape index (κ2) is 9.09. The average molecular weight is 297 g/mol. The van der Waals surface area contributed by atoms with Gasteiger partial charge in [0.05, 0.1) is 6.61 Å². The largest absolute Gasteiger partial charge is 0.381 e. The minimum Gasteiger partial charge on any atom is -0.381 e. The van der Waals surface area contributed by atoms with Crippen molar-refractivity contribution in [3.63, 3.8) is 0 Å². The first-order valence-corrected chi connectivity index (χ1v) is 8.87. The Hall–Kier alpha value is -0.160. The second-order valence-corrected chi connectivity index (χ2v) is 7.15. The molecule has 0 aromatic carbocycles. The highest BCUT2D eigenvalue weighted by Crippen LogP contribution is 2.20. The van der Waals surface area contributed by atoms with Crippen LogP contribution in [0.5, 0.6) is 0 Å². The number of nitrogens with zero attached hydrogens (tertiary/aromatic N) is 2. The number of likely N-dealkylation sites (tertiary alicyclic amines) is 1. The molecule has 2 fully saturated rings. The van der Waals surface area contributed by atoms with E-state index in [1.165, 1.54) is 51.9 Å². The highest BCUT2D eigenvalue weighted by atomic mass is 16.5. The normalized spacial score (nSPS) is 26.6. The van der Waals surface area contributed by atoms with Crippen LogP contribution in [0.1, 0.15) is 32.6 Å². The Bertz CT molecular complexity index is 273. The third-order valence-electron chi connectivity index (χ3n) is 5.11. The van der Waals surface area contributed by atoms with Gasteiger partial charge in [-0.2, -0.15) is 0 Å². The molecule has 0 radical (unpaired) electrons. The summed E-state index contributed by atoms with van der Waals surface area (Å²) >= 11 is 0. The van der Waals surface area contributed by atoms with Gasteiger partial charge in [-0.1, -0.05) is 6.92 Å². The Morgan fingerprint density at radius 1 is 1.29 bits per heavy atom. The lowest BCUT2D eigenvalue weighted by Crippen LogP contribution is -2.46. The fourth-order valence-electron chi connectivity index (χ4n) is 3.68. The summed E-state index contributed by atoms with van der Waals surface area (Å²) in [6, 6.07) is 0.601. The van der Waals surface area contributed by atoms with Crippen LogP contribution in [-0.4, -0.2) is 75.9 Å². The molecule has 0 spiro atoms. The summed E-state index contributed by atoms with van der Waals surface area (Å²) in [7, 11) is 4.54. The maximum atomic E-state index is 5.60. The molecule has 1 N–H and O–H groups in total. The van der Waals surface area contributed by atoms with Crippen molar-refractivity contribution in [3.8, 4) is 0 Å². The van der Waals surface area contributed by atoms with Gasteiger partial charge in [0.25, 0.3) is 0 Å². The molecule has 0 amide bonds. The molecule has 2 atom stereocenters. The summed E-state index contributed by atoms with van der Waals surface area (Å²) in [6.07, 6.45) is 5.16. The smallest absolute Gasteiger partial charge is 0.0510 e. The third kappa shape index (κ3) is 5.85. The lowest BCUT2D eigenvalue weighted by atomic mass is 9.95. The van der Waals surface area contributed by atoms with Crippen LogP contribution in [0.3, 0.4) is 0 Å². The fourth-order valence-corrected chi connectivity index (χ4v) is 3.68. The Balaban J connectivity index is 1.75. The lowest BCUT2D eigenvalue weighted by molar-refractivity contribution is 0.147. The van der Waals surface area contributed by atoms with Crippen LogP contribution in [0.25, 0.3) is 0 Å². The number of ether oxygens (including phenoxy) is 1. The van der Waals surface area contributed by atoms with Crippen molar-refractivity contribution in [1.29, 1.82) is 0 Å². The van der Waals surface area contributed by atoms with Crippen LogP contribution in [-0.2, 0) is 4.74 Å². The first-order valence-electron chi connectivity index (χ1n) is 8.87. The van der Waals surface area contributed by atoms with E-state index in [-0.39, 0.29) is 0 Å². The van der Waals surface area contributed by atoms with Gasteiger partial charge in [-0.3, -0.25) is 0 Å². The molecular weight excluding hydrogens is 262 g/mol. The van der Waals surface area contributed by atoms with E-state index in [1.54, 1.807) is 0 Å². The zero-order chi connectivity index (χ0) is 15.1. The molecule has 0 aliphatic carbocycles. The molecule has 2 aliphatic heterocycles. The predicted octanol–water partition coefficient (Wildman–Crippen LogP) is 1.66. The zero-order valence-electron chi connectivity index (χ0n) is 14.3. The van der Waals surface area contributed by atoms with E-state index >= 15 is 0 Å². The van der Waals surface area contributed by atoms with Gasteiger partial charge in [-0.25, -0.2) is 0 Å². The highest BCUT2D eigenvalue weighted by Gasteiger charge is 2.27. The summed E-state index contributed by atoms with van der Waals surface area (Å²) in [5, 5.41) is 3.76. The van der Waals surface area contributed by atoms with Gasteiger partial charge in [-0.05, 0) is 65.3 Å². The van der Waals surface area contributed by atoms with Gasteiger partial charge in [-0.15, -0.1) is 0 Å². The van der Waals surface area contributed by atoms with Crippen molar-refractivity contribution < 1.29 is 4.74 Å². The predicted molar refractivity (Wildman–Crippen MR) is 88.7 cm³/mol. The SMILES string of the molecule is CCCNC(CN(C)CC1CCN(C)CC1)C1CCOC1. The summed E-state index contributed by atoms with van der Waals surface area (Å²) in [4.78, 5) is 5.01. The first kappa shape index (κ1) is 17.2. The lowest BCUT2D eigenvalue weighted by Gasteiger charge is -2.34. The molecule has 0 bridgehead atoms. The highest BCUT2D eigenvalue weighted by molar-refractivity contribution is 4.83. The van der Waals surface area contributed by atoms with Crippen LogP contribution in [0, 0.1) is 11.8 Å². The number of hydrogen-bond donors (Lipinski definition) is 1. The van der Waals surface area contributed by atoms with Crippen LogP contribution in [0.4, 0.5) is 0 Å². The number of rotatable bonds is 8. The van der Waals surface area contributed by atoms with Crippen LogP contribution in [0.2, 0.25) is 0 Å². The first-order chi connectivity index (χ1) is 10.2. The van der Waals surface area contributed by atoms with E-state index in [9.17, 15) is 0 Å². The van der Waals surface area contributed by atoms with Crippen molar-refractivity contribution >= 4 is 0 Å². The average Bonchev–Trinajstić information content (AvgIpc) is 3.00. The molecule has 21 heavy (non-hydrogen) atoms. The molecule has 124 valence electrons. The van der Waals surface area contributed by atoms with E-state index in [4.69, 9.17) is 4.74 Å². The Morgan fingerprint density at radius 2 is 2.05 bits per heavy atom. The molecule has 2 aliphatic rings. The van der Waals surface area contributed by atoms with Crippen molar-refractivity contribution in [2.45, 2.75) is 38.6 Å². The number of nitrogens with one attached hydrogen (secondary N) is 1. The van der Waals surface area contributed by atoms with Crippen LogP contribution < -0.4 is 5.32 Å². The quantitative estimate of drug-likeness (QED) is 0.737. The molecule has 0 aromatic heterocycles. The van der Waals surface area contributed by atoms with E-state index < -0.39 is 0 Å². The van der Waals surface area contributed by atoms with Gasteiger partial charge in [0.1, 0.15) is 0 Å². The van der Waals surface area contributed by atoms with Crippen molar-refractivity contribution in [1.82, 2.24) is 15.1 Å². The van der Waals surface area contributed by atoms with Crippen molar-refractivity contribution in [2.24, 2.45) is 11.8 Å².